The van der Waals surface area contributed by atoms with E-state index in [0.717, 1.165) is 0 Å². The molecule has 1 aliphatic heterocycles. The molecular formula is C10H15NO2. The van der Waals surface area contributed by atoms with Gasteiger partial charge in [0.25, 0.3) is 0 Å². The van der Waals surface area contributed by atoms with E-state index < -0.39 is 5.54 Å². The van der Waals surface area contributed by atoms with Crippen molar-refractivity contribution in [3.05, 3.63) is 12.2 Å². The highest BCUT2D eigenvalue weighted by molar-refractivity contribution is 6.07. The third-order valence-electron chi connectivity index (χ3n) is 2.42. The molecule has 0 atom stereocenters. The molecular weight excluding hydrogens is 166 g/mol. The van der Waals surface area contributed by atoms with Crippen molar-refractivity contribution in [2.24, 2.45) is 4.99 Å². The van der Waals surface area contributed by atoms with Gasteiger partial charge in [-0.2, -0.15) is 0 Å². The summed E-state index contributed by atoms with van der Waals surface area (Å²) in [5, 5.41) is 0. The Hall–Kier alpha value is -1.12. The summed E-state index contributed by atoms with van der Waals surface area (Å²) in [7, 11) is 0. The average Bonchev–Trinajstić information content (AvgIpc) is 2.44. The number of rotatable bonds is 3. The summed E-state index contributed by atoms with van der Waals surface area (Å²) in [5.41, 5.74) is 0.0611. The highest BCUT2D eigenvalue weighted by Crippen LogP contribution is 2.29. The highest BCUT2D eigenvalue weighted by atomic mass is 16.6. The first-order valence-electron chi connectivity index (χ1n) is 4.53. The number of carbonyl (C=O) groups is 1. The fourth-order valence-electron chi connectivity index (χ4n) is 1.32. The van der Waals surface area contributed by atoms with Gasteiger partial charge in [-0.25, -0.2) is 9.79 Å². The Morgan fingerprint density at radius 3 is 2.31 bits per heavy atom. The molecule has 0 saturated heterocycles. The molecule has 0 N–H and O–H groups in total. The van der Waals surface area contributed by atoms with Gasteiger partial charge in [-0.1, -0.05) is 20.4 Å². The van der Waals surface area contributed by atoms with Crippen LogP contribution in [0.5, 0.6) is 0 Å². The lowest BCUT2D eigenvalue weighted by atomic mass is 9.95. The van der Waals surface area contributed by atoms with Crippen LogP contribution in [0.2, 0.25) is 0 Å². The smallest absolute Gasteiger partial charge is 0.340 e. The molecule has 0 radical (unpaired) electrons. The van der Waals surface area contributed by atoms with Gasteiger partial charge in [-0.05, 0) is 19.8 Å². The number of aliphatic imine (C=N–C) groups is 1. The lowest BCUT2D eigenvalue weighted by molar-refractivity contribution is -0.139. The third-order valence-corrected chi connectivity index (χ3v) is 2.42. The van der Waals surface area contributed by atoms with Crippen molar-refractivity contribution in [3.63, 3.8) is 0 Å². The molecule has 3 heteroatoms. The van der Waals surface area contributed by atoms with Gasteiger partial charge < -0.3 is 4.74 Å². The van der Waals surface area contributed by atoms with Crippen molar-refractivity contribution in [1.82, 2.24) is 0 Å². The van der Waals surface area contributed by atoms with Gasteiger partial charge in [-0.3, -0.25) is 0 Å². The number of hydrogen-bond acceptors (Lipinski definition) is 3. The van der Waals surface area contributed by atoms with Crippen LogP contribution in [0.3, 0.4) is 0 Å². The number of esters is 1. The maximum atomic E-state index is 11.5. The SMILES string of the molecule is C=C(C)C1=NC(CC)(CC)C(=O)O1. The predicted octanol–water partition coefficient (Wildman–Crippen LogP) is 2.08. The minimum atomic E-state index is -0.645. The lowest BCUT2D eigenvalue weighted by Crippen LogP contribution is -2.31. The molecule has 0 unspecified atom stereocenters. The molecule has 1 aliphatic rings. The first-order chi connectivity index (χ1) is 6.05. The van der Waals surface area contributed by atoms with Gasteiger partial charge in [-0.15, -0.1) is 0 Å². The van der Waals surface area contributed by atoms with Crippen LogP contribution in [0, 0.1) is 0 Å². The molecule has 1 heterocycles. The van der Waals surface area contributed by atoms with Gasteiger partial charge in [0.2, 0.25) is 5.90 Å². The maximum absolute atomic E-state index is 11.5. The van der Waals surface area contributed by atoms with Crippen molar-refractivity contribution in [3.8, 4) is 0 Å². The Labute approximate surface area is 78.5 Å². The first kappa shape index (κ1) is 9.96. The molecule has 0 spiro atoms. The molecule has 0 aliphatic carbocycles. The molecule has 0 fully saturated rings. The van der Waals surface area contributed by atoms with E-state index in [4.69, 9.17) is 4.74 Å². The van der Waals surface area contributed by atoms with Crippen LogP contribution in [0.4, 0.5) is 0 Å². The molecule has 0 aromatic rings. The fraction of sp³-hybridized carbons (Fsp3) is 0.600. The summed E-state index contributed by atoms with van der Waals surface area (Å²) in [6.07, 6.45) is 1.36. The van der Waals surface area contributed by atoms with Crippen LogP contribution in [0.25, 0.3) is 0 Å². The highest BCUT2D eigenvalue weighted by Gasteiger charge is 2.42. The van der Waals surface area contributed by atoms with Crippen LogP contribution in [-0.4, -0.2) is 17.4 Å². The zero-order chi connectivity index (χ0) is 10.1. The van der Waals surface area contributed by atoms with Crippen LogP contribution >= 0.6 is 0 Å². The summed E-state index contributed by atoms with van der Waals surface area (Å²) in [6, 6.07) is 0. The van der Waals surface area contributed by atoms with E-state index in [0.29, 0.717) is 24.3 Å². The lowest BCUT2D eigenvalue weighted by Gasteiger charge is -2.16. The van der Waals surface area contributed by atoms with Crippen LogP contribution in [-0.2, 0) is 9.53 Å². The Balaban J connectivity index is 3.00. The van der Waals surface area contributed by atoms with E-state index in [1.807, 2.05) is 13.8 Å². The van der Waals surface area contributed by atoms with Gasteiger partial charge in [0.1, 0.15) is 0 Å². The number of cyclic esters (lactones) is 1. The summed E-state index contributed by atoms with van der Waals surface area (Å²) in [6.45, 7) is 9.36. The Bertz CT molecular complexity index is 275. The summed E-state index contributed by atoms with van der Waals surface area (Å²) < 4.78 is 5.03. The second-order valence-corrected chi connectivity index (χ2v) is 3.33. The predicted molar refractivity (Wildman–Crippen MR) is 51.7 cm³/mol. The largest absolute Gasteiger partial charge is 0.406 e. The van der Waals surface area contributed by atoms with E-state index >= 15 is 0 Å². The number of carbonyl (C=O) groups excluding carboxylic acids is 1. The van der Waals surface area contributed by atoms with Crippen LogP contribution in [0.1, 0.15) is 33.6 Å². The molecule has 72 valence electrons. The minimum absolute atomic E-state index is 0.240. The standard InChI is InChI=1S/C10H15NO2/c1-5-10(6-2)9(12)13-8(11-10)7(3)4/h3,5-6H2,1-2,4H3. The Morgan fingerprint density at radius 2 is 2.08 bits per heavy atom. The first-order valence-corrected chi connectivity index (χ1v) is 4.53. The van der Waals surface area contributed by atoms with E-state index in [9.17, 15) is 4.79 Å². The Kier molecular flexibility index (Phi) is 2.55. The molecule has 0 amide bonds. The molecule has 0 saturated carbocycles. The fourth-order valence-corrected chi connectivity index (χ4v) is 1.32. The van der Waals surface area contributed by atoms with E-state index in [-0.39, 0.29) is 5.97 Å². The second-order valence-electron chi connectivity index (χ2n) is 3.33. The second kappa shape index (κ2) is 3.32. The minimum Gasteiger partial charge on any atom is -0.406 e. The quantitative estimate of drug-likeness (QED) is 0.625. The maximum Gasteiger partial charge on any atom is 0.340 e. The van der Waals surface area contributed by atoms with E-state index in [1.54, 1.807) is 6.92 Å². The zero-order valence-corrected chi connectivity index (χ0v) is 8.39. The van der Waals surface area contributed by atoms with Crippen molar-refractivity contribution < 1.29 is 9.53 Å². The molecule has 3 nitrogen and oxygen atoms in total. The molecule has 13 heavy (non-hydrogen) atoms. The van der Waals surface area contributed by atoms with Crippen molar-refractivity contribution >= 4 is 11.9 Å². The van der Waals surface area contributed by atoms with Crippen LogP contribution < -0.4 is 0 Å². The van der Waals surface area contributed by atoms with Crippen LogP contribution in [0.15, 0.2) is 17.1 Å². The zero-order valence-electron chi connectivity index (χ0n) is 8.39. The molecule has 0 bridgehead atoms. The van der Waals surface area contributed by atoms with E-state index in [1.165, 1.54) is 0 Å². The monoisotopic (exact) mass is 181 g/mol. The van der Waals surface area contributed by atoms with Gasteiger partial charge in [0.15, 0.2) is 5.54 Å². The third kappa shape index (κ3) is 1.50. The number of nitrogens with zero attached hydrogens (tertiary/aromatic N) is 1. The van der Waals surface area contributed by atoms with Gasteiger partial charge in [0.05, 0.1) is 0 Å². The summed E-state index contributed by atoms with van der Waals surface area (Å²) in [4.78, 5) is 15.8. The molecule has 0 aromatic heterocycles. The average molecular weight is 181 g/mol. The summed E-state index contributed by atoms with van der Waals surface area (Å²) >= 11 is 0. The van der Waals surface area contributed by atoms with Gasteiger partial charge >= 0.3 is 5.97 Å². The van der Waals surface area contributed by atoms with Crippen molar-refractivity contribution in [2.75, 3.05) is 0 Å². The van der Waals surface area contributed by atoms with E-state index in [2.05, 4.69) is 11.6 Å². The number of ether oxygens (including phenoxy) is 1. The van der Waals surface area contributed by atoms with Crippen molar-refractivity contribution in [1.29, 1.82) is 0 Å². The summed E-state index contributed by atoms with van der Waals surface area (Å²) in [5.74, 6) is 0.157. The Morgan fingerprint density at radius 1 is 1.54 bits per heavy atom. The molecule has 0 aromatic carbocycles. The van der Waals surface area contributed by atoms with Crippen molar-refractivity contribution in [2.45, 2.75) is 39.2 Å². The van der Waals surface area contributed by atoms with Gasteiger partial charge in [0, 0.05) is 5.57 Å². The normalized spacial score (nSPS) is 19.6. The topological polar surface area (TPSA) is 38.7 Å². The molecule has 1 rings (SSSR count). The number of hydrogen-bond donors (Lipinski definition) is 0.